The molecule has 0 saturated carbocycles. The summed E-state index contributed by atoms with van der Waals surface area (Å²) in [6, 6.07) is 0.468. The Morgan fingerprint density at radius 1 is 1.40 bits per heavy atom. The van der Waals surface area contributed by atoms with Gasteiger partial charge in [-0.15, -0.1) is 0 Å². The maximum Gasteiger partial charge on any atom is 0.234 e. The predicted molar refractivity (Wildman–Crippen MR) is 73.2 cm³/mol. The van der Waals surface area contributed by atoms with Gasteiger partial charge in [-0.3, -0.25) is 9.69 Å². The molecule has 2 heterocycles. The molecular formula is C14H23N3O3. The van der Waals surface area contributed by atoms with Gasteiger partial charge in [0.25, 0.3) is 0 Å². The van der Waals surface area contributed by atoms with Crippen molar-refractivity contribution in [3.05, 3.63) is 11.7 Å². The first-order valence-corrected chi connectivity index (χ1v) is 7.18. The van der Waals surface area contributed by atoms with Crippen LogP contribution in [0.4, 0.5) is 0 Å². The second kappa shape index (κ2) is 6.45. The molecule has 1 aromatic heterocycles. The highest BCUT2D eigenvalue weighted by Crippen LogP contribution is 2.21. The van der Waals surface area contributed by atoms with Crippen LogP contribution in [-0.4, -0.2) is 46.6 Å². The van der Waals surface area contributed by atoms with Gasteiger partial charge < -0.3 is 9.26 Å². The standard InChI is InChI=1S/C14H23N3O3/c1-9(2)11(18)7-13-15-14(16-20-13)12-8-17(10(3)4)5-6-19-12/h9-10,12H,5-8H2,1-4H3. The first-order chi connectivity index (χ1) is 9.47. The smallest absolute Gasteiger partial charge is 0.234 e. The number of nitrogens with zero attached hydrogens (tertiary/aromatic N) is 3. The molecule has 6 heteroatoms. The van der Waals surface area contributed by atoms with E-state index in [-0.39, 0.29) is 24.2 Å². The monoisotopic (exact) mass is 281 g/mol. The van der Waals surface area contributed by atoms with Gasteiger partial charge in [0.15, 0.2) is 0 Å². The van der Waals surface area contributed by atoms with Crippen LogP contribution in [0.1, 0.15) is 45.5 Å². The molecule has 1 unspecified atom stereocenters. The van der Waals surface area contributed by atoms with E-state index in [4.69, 9.17) is 9.26 Å². The van der Waals surface area contributed by atoms with Gasteiger partial charge >= 0.3 is 0 Å². The Balaban J connectivity index is 1.99. The third-order valence-corrected chi connectivity index (χ3v) is 3.57. The van der Waals surface area contributed by atoms with Gasteiger partial charge in [-0.1, -0.05) is 19.0 Å². The van der Waals surface area contributed by atoms with Gasteiger partial charge in [0.05, 0.1) is 13.0 Å². The van der Waals surface area contributed by atoms with Gasteiger partial charge in [0.2, 0.25) is 11.7 Å². The minimum Gasteiger partial charge on any atom is -0.367 e. The lowest BCUT2D eigenvalue weighted by atomic mass is 10.1. The Labute approximate surface area is 119 Å². The number of hydrogen-bond donors (Lipinski definition) is 0. The minimum atomic E-state index is -0.169. The maximum absolute atomic E-state index is 11.7. The zero-order valence-electron chi connectivity index (χ0n) is 12.6. The normalized spacial score (nSPS) is 20.8. The predicted octanol–water partition coefficient (Wildman–Crippen LogP) is 1.62. The summed E-state index contributed by atoms with van der Waals surface area (Å²) in [6.07, 6.45) is 0.0310. The van der Waals surface area contributed by atoms with Crippen molar-refractivity contribution >= 4 is 5.78 Å². The molecule has 1 aromatic rings. The van der Waals surface area contributed by atoms with Crippen LogP contribution in [0, 0.1) is 5.92 Å². The van der Waals surface area contributed by atoms with Crippen LogP contribution in [0.25, 0.3) is 0 Å². The second-order valence-electron chi connectivity index (χ2n) is 5.79. The summed E-state index contributed by atoms with van der Waals surface area (Å²) < 4.78 is 10.9. The number of Topliss-reactive ketones (excluding diaryl/α,β-unsaturated/α-hetero) is 1. The molecule has 0 amide bonds. The van der Waals surface area contributed by atoms with Crippen molar-refractivity contribution in [2.45, 2.75) is 46.3 Å². The van der Waals surface area contributed by atoms with Crippen LogP contribution >= 0.6 is 0 Å². The van der Waals surface area contributed by atoms with E-state index >= 15 is 0 Å². The van der Waals surface area contributed by atoms with Crippen LogP contribution in [0.2, 0.25) is 0 Å². The lowest BCUT2D eigenvalue weighted by Crippen LogP contribution is -2.42. The molecule has 1 fully saturated rings. The number of rotatable bonds is 5. The lowest BCUT2D eigenvalue weighted by Gasteiger charge is -2.34. The second-order valence-corrected chi connectivity index (χ2v) is 5.79. The first kappa shape index (κ1) is 15.1. The van der Waals surface area contributed by atoms with Crippen molar-refractivity contribution in [3.8, 4) is 0 Å². The first-order valence-electron chi connectivity index (χ1n) is 7.18. The number of carbonyl (C=O) groups excluding carboxylic acids is 1. The van der Waals surface area contributed by atoms with Crippen molar-refractivity contribution in [1.29, 1.82) is 0 Å². The van der Waals surface area contributed by atoms with E-state index in [1.54, 1.807) is 0 Å². The van der Waals surface area contributed by atoms with Gasteiger partial charge in [0.1, 0.15) is 11.9 Å². The molecule has 1 atom stereocenters. The van der Waals surface area contributed by atoms with E-state index in [0.717, 1.165) is 13.1 Å². The topological polar surface area (TPSA) is 68.5 Å². The Kier molecular flexibility index (Phi) is 4.88. The molecule has 0 N–H and O–H groups in total. The van der Waals surface area contributed by atoms with Crippen LogP contribution in [-0.2, 0) is 16.0 Å². The van der Waals surface area contributed by atoms with Crippen LogP contribution in [0.15, 0.2) is 4.52 Å². The van der Waals surface area contributed by atoms with Crippen molar-refractivity contribution in [2.75, 3.05) is 19.7 Å². The number of aromatic nitrogens is 2. The van der Waals surface area contributed by atoms with Gasteiger partial charge in [-0.2, -0.15) is 4.98 Å². The minimum absolute atomic E-state index is 0.0206. The summed E-state index contributed by atoms with van der Waals surface area (Å²) >= 11 is 0. The van der Waals surface area contributed by atoms with Gasteiger partial charge in [-0.25, -0.2) is 0 Å². The summed E-state index contributed by atoms with van der Waals surface area (Å²) in [5, 5.41) is 3.96. The summed E-state index contributed by atoms with van der Waals surface area (Å²) in [5.74, 6) is 1.01. The Morgan fingerprint density at radius 3 is 2.80 bits per heavy atom. The highest BCUT2D eigenvalue weighted by Gasteiger charge is 2.27. The fourth-order valence-corrected chi connectivity index (χ4v) is 2.12. The number of ether oxygens (including phenoxy) is 1. The molecular weight excluding hydrogens is 258 g/mol. The molecule has 6 nitrogen and oxygen atoms in total. The fourth-order valence-electron chi connectivity index (χ4n) is 2.12. The number of carbonyl (C=O) groups is 1. The molecule has 0 bridgehead atoms. The van der Waals surface area contributed by atoms with Crippen molar-refractivity contribution < 1.29 is 14.1 Å². The quantitative estimate of drug-likeness (QED) is 0.817. The van der Waals surface area contributed by atoms with E-state index in [9.17, 15) is 4.79 Å². The average Bonchev–Trinajstić information content (AvgIpc) is 2.87. The number of ketones is 1. The van der Waals surface area contributed by atoms with E-state index in [1.807, 2.05) is 13.8 Å². The fraction of sp³-hybridized carbons (Fsp3) is 0.786. The number of morpholine rings is 1. The molecule has 0 radical (unpaired) electrons. The molecule has 1 aliphatic heterocycles. The molecule has 112 valence electrons. The van der Waals surface area contributed by atoms with E-state index in [1.165, 1.54) is 0 Å². The Bertz CT molecular complexity index is 456. The Morgan fingerprint density at radius 2 is 2.15 bits per heavy atom. The molecule has 2 rings (SSSR count). The van der Waals surface area contributed by atoms with E-state index in [2.05, 4.69) is 28.9 Å². The lowest BCUT2D eigenvalue weighted by molar-refractivity contribution is -0.121. The van der Waals surface area contributed by atoms with Crippen molar-refractivity contribution in [1.82, 2.24) is 15.0 Å². The maximum atomic E-state index is 11.7. The molecule has 0 aromatic carbocycles. The molecule has 20 heavy (non-hydrogen) atoms. The summed E-state index contributed by atoms with van der Waals surface area (Å²) in [7, 11) is 0. The molecule has 1 aliphatic rings. The van der Waals surface area contributed by atoms with Crippen LogP contribution in [0.5, 0.6) is 0 Å². The van der Waals surface area contributed by atoms with Crippen molar-refractivity contribution in [2.24, 2.45) is 5.92 Å². The van der Waals surface area contributed by atoms with Gasteiger partial charge in [0, 0.05) is 25.0 Å². The highest BCUT2D eigenvalue weighted by molar-refractivity contribution is 5.81. The van der Waals surface area contributed by atoms with Gasteiger partial charge in [-0.05, 0) is 13.8 Å². The SMILES string of the molecule is CC(C)C(=O)Cc1nc(C2CN(C(C)C)CCO2)no1. The molecule has 0 spiro atoms. The van der Waals surface area contributed by atoms with E-state index < -0.39 is 0 Å². The molecule has 1 saturated heterocycles. The van der Waals surface area contributed by atoms with Crippen LogP contribution < -0.4 is 0 Å². The van der Waals surface area contributed by atoms with Crippen molar-refractivity contribution in [3.63, 3.8) is 0 Å². The third kappa shape index (κ3) is 3.64. The molecule has 0 aliphatic carbocycles. The summed E-state index contributed by atoms with van der Waals surface area (Å²) in [4.78, 5) is 18.3. The van der Waals surface area contributed by atoms with Crippen LogP contribution in [0.3, 0.4) is 0 Å². The highest BCUT2D eigenvalue weighted by atomic mass is 16.5. The third-order valence-electron chi connectivity index (χ3n) is 3.57. The number of hydrogen-bond acceptors (Lipinski definition) is 6. The van der Waals surface area contributed by atoms with E-state index in [0.29, 0.717) is 24.4 Å². The largest absolute Gasteiger partial charge is 0.367 e. The zero-order chi connectivity index (χ0) is 14.7. The summed E-state index contributed by atoms with van der Waals surface area (Å²) in [6.45, 7) is 10.4. The Hall–Kier alpha value is -1.27. The average molecular weight is 281 g/mol. The zero-order valence-corrected chi connectivity index (χ0v) is 12.6. The summed E-state index contributed by atoms with van der Waals surface area (Å²) in [5.41, 5.74) is 0.